The minimum atomic E-state index is -3.43. The molecule has 1 aromatic heterocycles. The van der Waals surface area contributed by atoms with E-state index in [1.54, 1.807) is 72.5 Å². The summed E-state index contributed by atoms with van der Waals surface area (Å²) >= 11 is 6.04. The molecule has 0 bridgehead atoms. The molecule has 49 heavy (non-hydrogen) atoms. The standard InChI is InChI=1S/C35H40ClN5O7S/c1-2-49(45,46)40-26-16-12-23(13-17-26)19-32(42)41-20-27(31(21-41)47-22-24-10-14-25(36)15-11-24)34(44)38-29(8-5-6-18-37)33(43)35-39-28-7-3-4-9-30(28)48-35/h3-4,7,9-17,27,29,31,40H,2,5-6,8,18-22,37H2,1H3,(H,38,44)/t27-,29-,31-/m0/s1. The first-order valence-corrected chi connectivity index (χ1v) is 18.2. The summed E-state index contributed by atoms with van der Waals surface area (Å²) in [6, 6.07) is 19.8. The van der Waals surface area contributed by atoms with Crippen molar-refractivity contribution in [3.63, 3.8) is 0 Å². The number of rotatable bonds is 16. The van der Waals surface area contributed by atoms with Crippen molar-refractivity contribution in [1.29, 1.82) is 0 Å². The molecule has 1 aliphatic heterocycles. The number of hydrogen-bond donors (Lipinski definition) is 3. The largest absolute Gasteiger partial charge is 0.434 e. The minimum Gasteiger partial charge on any atom is -0.434 e. The Balaban J connectivity index is 1.31. The minimum absolute atomic E-state index is 0.0387. The van der Waals surface area contributed by atoms with Crippen LogP contribution in [0.4, 0.5) is 5.69 Å². The van der Waals surface area contributed by atoms with Gasteiger partial charge >= 0.3 is 0 Å². The molecular weight excluding hydrogens is 670 g/mol. The summed E-state index contributed by atoms with van der Waals surface area (Å²) in [6.07, 6.45) is 0.970. The molecule has 0 saturated carbocycles. The molecule has 14 heteroatoms. The predicted molar refractivity (Wildman–Crippen MR) is 187 cm³/mol. The highest BCUT2D eigenvalue weighted by atomic mass is 35.5. The lowest BCUT2D eigenvalue weighted by Gasteiger charge is -2.22. The zero-order valence-electron chi connectivity index (χ0n) is 27.1. The number of nitrogens with two attached hydrogens (primary N) is 1. The molecule has 260 valence electrons. The van der Waals surface area contributed by atoms with Gasteiger partial charge in [-0.3, -0.25) is 19.1 Å². The van der Waals surface area contributed by atoms with Gasteiger partial charge in [-0.15, -0.1) is 0 Å². The van der Waals surface area contributed by atoms with Gasteiger partial charge in [0.15, 0.2) is 5.58 Å². The van der Waals surface area contributed by atoms with Crippen LogP contribution >= 0.6 is 11.6 Å². The predicted octanol–water partition coefficient (Wildman–Crippen LogP) is 4.33. The quantitative estimate of drug-likeness (QED) is 0.113. The van der Waals surface area contributed by atoms with Gasteiger partial charge in [-0.1, -0.05) is 48.0 Å². The van der Waals surface area contributed by atoms with Crippen molar-refractivity contribution in [2.75, 3.05) is 30.1 Å². The van der Waals surface area contributed by atoms with Crippen LogP contribution < -0.4 is 15.8 Å². The Morgan fingerprint density at radius 3 is 2.43 bits per heavy atom. The molecule has 12 nitrogen and oxygen atoms in total. The molecule has 0 spiro atoms. The third-order valence-electron chi connectivity index (χ3n) is 8.38. The second-order valence-corrected chi connectivity index (χ2v) is 14.4. The molecule has 3 aromatic carbocycles. The summed E-state index contributed by atoms with van der Waals surface area (Å²) in [7, 11) is -3.43. The number of hydrogen-bond acceptors (Lipinski definition) is 9. The number of aromatic nitrogens is 1. The van der Waals surface area contributed by atoms with Gasteiger partial charge in [-0.25, -0.2) is 13.4 Å². The monoisotopic (exact) mass is 709 g/mol. The van der Waals surface area contributed by atoms with Crippen molar-refractivity contribution in [3.05, 3.63) is 94.8 Å². The van der Waals surface area contributed by atoms with E-state index in [0.29, 0.717) is 53.2 Å². The van der Waals surface area contributed by atoms with Crippen LogP contribution in [0, 0.1) is 5.92 Å². The number of para-hydroxylation sites is 2. The summed E-state index contributed by atoms with van der Waals surface area (Å²) in [6.45, 7) is 2.41. The first kappa shape index (κ1) is 36.0. The number of benzene rings is 3. The first-order valence-electron chi connectivity index (χ1n) is 16.2. The van der Waals surface area contributed by atoms with Gasteiger partial charge in [0.05, 0.1) is 36.8 Å². The van der Waals surface area contributed by atoms with E-state index in [4.69, 9.17) is 26.5 Å². The zero-order valence-corrected chi connectivity index (χ0v) is 28.7. The van der Waals surface area contributed by atoms with E-state index >= 15 is 0 Å². The van der Waals surface area contributed by atoms with Gasteiger partial charge in [0.2, 0.25) is 27.6 Å². The molecule has 3 atom stereocenters. The van der Waals surface area contributed by atoms with Crippen LogP contribution in [0.1, 0.15) is 48.0 Å². The SMILES string of the molecule is CCS(=O)(=O)Nc1ccc(CC(=O)N2C[C@H](OCc3ccc(Cl)cc3)[C@@H](C(=O)N[C@@H](CCCCN)C(=O)c3nc4ccccc4o3)C2)cc1. The number of anilines is 1. The molecule has 2 heterocycles. The maximum atomic E-state index is 13.9. The fourth-order valence-electron chi connectivity index (χ4n) is 5.58. The summed E-state index contributed by atoms with van der Waals surface area (Å²) in [5.41, 5.74) is 8.64. The Hall–Kier alpha value is -4.30. The Bertz CT molecular complexity index is 1830. The van der Waals surface area contributed by atoms with E-state index in [-0.39, 0.29) is 43.7 Å². The molecule has 4 N–H and O–H groups in total. The molecule has 1 aliphatic rings. The number of ether oxygens (including phenoxy) is 1. The molecular formula is C35H40ClN5O7S. The number of halogens is 1. The smallest absolute Gasteiger partial charge is 0.266 e. The number of carbonyl (C=O) groups excluding carboxylic acids is 3. The van der Waals surface area contributed by atoms with Gasteiger partial charge in [-0.2, -0.15) is 0 Å². The van der Waals surface area contributed by atoms with Crippen molar-refractivity contribution in [2.45, 2.75) is 51.4 Å². The fraction of sp³-hybridized carbons (Fsp3) is 0.371. The Labute approximate surface area is 290 Å². The first-order chi connectivity index (χ1) is 23.5. The van der Waals surface area contributed by atoms with Crippen molar-refractivity contribution >= 4 is 56.0 Å². The van der Waals surface area contributed by atoms with Crippen LogP contribution in [0.25, 0.3) is 11.1 Å². The lowest BCUT2D eigenvalue weighted by atomic mass is 10.0. The highest BCUT2D eigenvalue weighted by molar-refractivity contribution is 7.92. The number of likely N-dealkylation sites (tertiary alicyclic amines) is 1. The number of ketones is 1. The average molecular weight is 710 g/mol. The lowest BCUT2D eigenvalue weighted by molar-refractivity contribution is -0.130. The van der Waals surface area contributed by atoms with E-state index in [1.807, 2.05) is 12.1 Å². The molecule has 4 aromatic rings. The number of carbonyl (C=O) groups is 3. The number of nitrogens with one attached hydrogen (secondary N) is 2. The topological polar surface area (TPSA) is 174 Å². The molecule has 1 fully saturated rings. The Morgan fingerprint density at radius 1 is 1.02 bits per heavy atom. The second kappa shape index (κ2) is 16.4. The fourth-order valence-corrected chi connectivity index (χ4v) is 6.34. The van der Waals surface area contributed by atoms with Crippen LogP contribution in [-0.2, 0) is 37.4 Å². The second-order valence-electron chi connectivity index (χ2n) is 12.0. The number of fused-ring (bicyclic) bond motifs is 1. The van der Waals surface area contributed by atoms with Gasteiger partial charge in [0.1, 0.15) is 5.52 Å². The summed E-state index contributed by atoms with van der Waals surface area (Å²) < 4.78 is 38.3. The van der Waals surface area contributed by atoms with E-state index < -0.39 is 39.8 Å². The highest BCUT2D eigenvalue weighted by Crippen LogP contribution is 2.25. The van der Waals surface area contributed by atoms with E-state index in [0.717, 1.165) is 5.56 Å². The molecule has 0 radical (unpaired) electrons. The number of nitrogens with zero attached hydrogens (tertiary/aromatic N) is 2. The third-order valence-corrected chi connectivity index (χ3v) is 9.94. The summed E-state index contributed by atoms with van der Waals surface area (Å²) in [5, 5.41) is 3.50. The van der Waals surface area contributed by atoms with Crippen molar-refractivity contribution in [1.82, 2.24) is 15.2 Å². The van der Waals surface area contributed by atoms with Crippen molar-refractivity contribution < 1.29 is 32.0 Å². The van der Waals surface area contributed by atoms with Crippen molar-refractivity contribution in [3.8, 4) is 0 Å². The number of unbranched alkanes of at least 4 members (excludes halogenated alkanes) is 1. The average Bonchev–Trinajstić information content (AvgIpc) is 3.73. The molecule has 0 unspecified atom stereocenters. The molecule has 2 amide bonds. The Morgan fingerprint density at radius 2 is 1.73 bits per heavy atom. The third kappa shape index (κ3) is 9.66. The maximum absolute atomic E-state index is 13.9. The number of oxazole rings is 1. The van der Waals surface area contributed by atoms with Gasteiger partial charge in [0, 0.05) is 23.8 Å². The summed E-state index contributed by atoms with van der Waals surface area (Å²) in [4.78, 5) is 47.0. The summed E-state index contributed by atoms with van der Waals surface area (Å²) in [5.74, 6) is -2.01. The number of amides is 2. The van der Waals surface area contributed by atoms with E-state index in [2.05, 4.69) is 15.0 Å². The van der Waals surface area contributed by atoms with Gasteiger partial charge in [0.25, 0.3) is 5.89 Å². The van der Waals surface area contributed by atoms with E-state index in [9.17, 15) is 22.8 Å². The Kier molecular flexibility index (Phi) is 12.0. The molecule has 0 aliphatic carbocycles. The zero-order chi connectivity index (χ0) is 35.0. The number of Topliss-reactive ketones (excluding diaryl/α,β-unsaturated/α-hetero) is 1. The maximum Gasteiger partial charge on any atom is 0.266 e. The molecule has 1 saturated heterocycles. The van der Waals surface area contributed by atoms with Crippen LogP contribution in [0.5, 0.6) is 0 Å². The van der Waals surface area contributed by atoms with E-state index in [1.165, 1.54) is 0 Å². The van der Waals surface area contributed by atoms with Crippen LogP contribution in [0.3, 0.4) is 0 Å². The molecule has 5 rings (SSSR count). The van der Waals surface area contributed by atoms with Gasteiger partial charge < -0.3 is 25.1 Å². The van der Waals surface area contributed by atoms with Crippen LogP contribution in [0.15, 0.2) is 77.2 Å². The highest BCUT2D eigenvalue weighted by Gasteiger charge is 2.41. The number of sulfonamides is 1. The normalized spacial score (nSPS) is 16.8. The van der Waals surface area contributed by atoms with Crippen LogP contribution in [0.2, 0.25) is 5.02 Å². The van der Waals surface area contributed by atoms with Crippen LogP contribution in [-0.4, -0.2) is 73.4 Å². The van der Waals surface area contributed by atoms with Gasteiger partial charge in [-0.05, 0) is 80.3 Å². The lowest BCUT2D eigenvalue weighted by Crippen LogP contribution is -2.47. The van der Waals surface area contributed by atoms with Crippen molar-refractivity contribution in [2.24, 2.45) is 11.7 Å².